The van der Waals surface area contributed by atoms with E-state index >= 15 is 0 Å². The van der Waals surface area contributed by atoms with E-state index in [9.17, 15) is 9.18 Å². The SMILES string of the molecule is C=C(c1ccc(OC)cc1)c1ccc(F)cc1C(=O)O. The minimum Gasteiger partial charge on any atom is -0.497 e. The van der Waals surface area contributed by atoms with Gasteiger partial charge in [0.05, 0.1) is 12.7 Å². The quantitative estimate of drug-likeness (QED) is 0.925. The molecular weight excluding hydrogens is 259 g/mol. The fourth-order valence-electron chi connectivity index (χ4n) is 1.90. The van der Waals surface area contributed by atoms with Crippen LogP contribution < -0.4 is 4.74 Å². The molecule has 3 nitrogen and oxygen atoms in total. The molecule has 0 unspecified atom stereocenters. The molecule has 0 aliphatic carbocycles. The van der Waals surface area contributed by atoms with Crippen molar-refractivity contribution < 1.29 is 19.0 Å². The van der Waals surface area contributed by atoms with Gasteiger partial charge in [-0.1, -0.05) is 24.8 Å². The van der Waals surface area contributed by atoms with Crippen LogP contribution in [0.4, 0.5) is 4.39 Å². The molecule has 0 fully saturated rings. The third kappa shape index (κ3) is 2.69. The third-order valence-corrected chi connectivity index (χ3v) is 2.98. The number of rotatable bonds is 4. The predicted octanol–water partition coefficient (Wildman–Crippen LogP) is 3.59. The minimum atomic E-state index is -1.19. The molecule has 2 rings (SSSR count). The normalized spacial score (nSPS) is 10.1. The number of carboxylic acid groups (broad SMARTS) is 1. The van der Waals surface area contributed by atoms with Gasteiger partial charge in [0, 0.05) is 0 Å². The summed E-state index contributed by atoms with van der Waals surface area (Å²) in [7, 11) is 1.56. The van der Waals surface area contributed by atoms with E-state index < -0.39 is 11.8 Å². The van der Waals surface area contributed by atoms with Crippen LogP contribution in [-0.2, 0) is 0 Å². The molecule has 0 saturated heterocycles. The molecule has 0 spiro atoms. The van der Waals surface area contributed by atoms with Gasteiger partial charge < -0.3 is 9.84 Å². The Balaban J connectivity index is 2.44. The molecule has 0 aliphatic rings. The lowest BCUT2D eigenvalue weighted by Crippen LogP contribution is -2.03. The molecule has 4 heteroatoms. The van der Waals surface area contributed by atoms with E-state index in [0.29, 0.717) is 16.9 Å². The predicted molar refractivity (Wildman–Crippen MR) is 74.5 cm³/mol. The van der Waals surface area contributed by atoms with Crippen LogP contribution in [0.3, 0.4) is 0 Å². The van der Waals surface area contributed by atoms with Crippen LogP contribution in [-0.4, -0.2) is 18.2 Å². The highest BCUT2D eigenvalue weighted by Crippen LogP contribution is 2.26. The third-order valence-electron chi connectivity index (χ3n) is 2.98. The molecule has 0 amide bonds. The zero-order valence-corrected chi connectivity index (χ0v) is 10.9. The second-order valence-electron chi connectivity index (χ2n) is 4.20. The number of benzene rings is 2. The smallest absolute Gasteiger partial charge is 0.336 e. The van der Waals surface area contributed by atoms with Gasteiger partial charge in [0.2, 0.25) is 0 Å². The number of ether oxygens (including phenoxy) is 1. The average molecular weight is 272 g/mol. The van der Waals surface area contributed by atoms with E-state index in [1.165, 1.54) is 12.1 Å². The topological polar surface area (TPSA) is 46.5 Å². The molecule has 0 radical (unpaired) electrons. The maximum atomic E-state index is 13.2. The van der Waals surface area contributed by atoms with Gasteiger partial charge in [-0.3, -0.25) is 0 Å². The Morgan fingerprint density at radius 2 is 1.80 bits per heavy atom. The number of hydrogen-bond donors (Lipinski definition) is 1. The zero-order chi connectivity index (χ0) is 14.7. The molecule has 0 aliphatic heterocycles. The Morgan fingerprint density at radius 3 is 2.35 bits per heavy atom. The molecule has 0 saturated carbocycles. The Bertz CT molecular complexity index is 660. The van der Waals surface area contributed by atoms with Crippen molar-refractivity contribution >= 4 is 11.5 Å². The summed E-state index contributed by atoms with van der Waals surface area (Å²) in [5.74, 6) is -1.08. The Morgan fingerprint density at radius 1 is 1.15 bits per heavy atom. The second-order valence-corrected chi connectivity index (χ2v) is 4.20. The average Bonchev–Trinajstić information content (AvgIpc) is 2.46. The van der Waals surface area contributed by atoms with Crippen LogP contribution in [0, 0.1) is 5.82 Å². The van der Waals surface area contributed by atoms with Gasteiger partial charge in [-0.25, -0.2) is 9.18 Å². The van der Waals surface area contributed by atoms with E-state index in [4.69, 9.17) is 9.84 Å². The maximum Gasteiger partial charge on any atom is 0.336 e. The number of hydrogen-bond acceptors (Lipinski definition) is 2. The van der Waals surface area contributed by atoms with Gasteiger partial charge >= 0.3 is 5.97 Å². The highest BCUT2D eigenvalue weighted by Gasteiger charge is 2.14. The van der Waals surface area contributed by atoms with Gasteiger partial charge in [0.1, 0.15) is 11.6 Å². The molecule has 1 N–H and O–H groups in total. The van der Waals surface area contributed by atoms with Crippen LogP contribution in [0.25, 0.3) is 5.57 Å². The summed E-state index contributed by atoms with van der Waals surface area (Å²) in [5, 5.41) is 9.14. The minimum absolute atomic E-state index is 0.106. The maximum absolute atomic E-state index is 13.2. The first-order chi connectivity index (χ1) is 9.52. The Labute approximate surface area is 115 Å². The number of aromatic carboxylic acids is 1. The first-order valence-electron chi connectivity index (χ1n) is 5.89. The first-order valence-corrected chi connectivity index (χ1v) is 5.89. The molecule has 0 aromatic heterocycles. The highest BCUT2D eigenvalue weighted by molar-refractivity contribution is 5.96. The zero-order valence-electron chi connectivity index (χ0n) is 10.9. The van der Waals surface area contributed by atoms with Gasteiger partial charge in [0.15, 0.2) is 0 Å². The lowest BCUT2D eigenvalue weighted by molar-refractivity contribution is 0.0696. The van der Waals surface area contributed by atoms with Crippen molar-refractivity contribution in [3.63, 3.8) is 0 Å². The van der Waals surface area contributed by atoms with E-state index in [1.54, 1.807) is 31.4 Å². The molecule has 2 aromatic rings. The monoisotopic (exact) mass is 272 g/mol. The summed E-state index contributed by atoms with van der Waals surface area (Å²) >= 11 is 0. The molecule has 0 heterocycles. The van der Waals surface area contributed by atoms with E-state index in [0.717, 1.165) is 11.6 Å². The lowest BCUT2D eigenvalue weighted by atomic mass is 9.95. The van der Waals surface area contributed by atoms with Gasteiger partial charge in [-0.15, -0.1) is 0 Å². The largest absolute Gasteiger partial charge is 0.497 e. The van der Waals surface area contributed by atoms with Crippen molar-refractivity contribution in [2.24, 2.45) is 0 Å². The van der Waals surface area contributed by atoms with E-state index in [1.807, 2.05) is 0 Å². The summed E-state index contributed by atoms with van der Waals surface area (Å²) in [5.41, 5.74) is 1.56. The molecule has 20 heavy (non-hydrogen) atoms. The molecule has 0 bridgehead atoms. The van der Waals surface area contributed by atoms with Crippen molar-refractivity contribution in [3.8, 4) is 5.75 Å². The van der Waals surface area contributed by atoms with Crippen LogP contribution in [0.15, 0.2) is 49.0 Å². The van der Waals surface area contributed by atoms with E-state index in [-0.39, 0.29) is 5.56 Å². The van der Waals surface area contributed by atoms with Crippen LogP contribution in [0.5, 0.6) is 5.75 Å². The summed E-state index contributed by atoms with van der Waals surface area (Å²) in [6.45, 7) is 3.90. The highest BCUT2D eigenvalue weighted by atomic mass is 19.1. The Hall–Kier alpha value is -2.62. The summed E-state index contributed by atoms with van der Waals surface area (Å²) in [4.78, 5) is 11.2. The number of methoxy groups -OCH3 is 1. The number of carboxylic acids is 1. The summed E-state index contributed by atoms with van der Waals surface area (Å²) in [6.07, 6.45) is 0. The van der Waals surface area contributed by atoms with Gasteiger partial charge in [0.25, 0.3) is 0 Å². The van der Waals surface area contributed by atoms with E-state index in [2.05, 4.69) is 6.58 Å². The van der Waals surface area contributed by atoms with Crippen molar-refractivity contribution in [3.05, 3.63) is 71.6 Å². The molecular formula is C16H13FO3. The fraction of sp³-hybridized carbons (Fsp3) is 0.0625. The molecule has 0 atom stereocenters. The van der Waals surface area contributed by atoms with Gasteiger partial charge in [-0.05, 0) is 41.0 Å². The van der Waals surface area contributed by atoms with Crippen LogP contribution >= 0.6 is 0 Å². The summed E-state index contributed by atoms with van der Waals surface area (Å²) in [6, 6.07) is 10.7. The van der Waals surface area contributed by atoms with Gasteiger partial charge in [-0.2, -0.15) is 0 Å². The van der Waals surface area contributed by atoms with Crippen molar-refractivity contribution in [1.29, 1.82) is 0 Å². The number of carbonyl (C=O) groups is 1. The van der Waals surface area contributed by atoms with Crippen molar-refractivity contribution in [1.82, 2.24) is 0 Å². The Kier molecular flexibility index (Phi) is 3.84. The van der Waals surface area contributed by atoms with Crippen molar-refractivity contribution in [2.75, 3.05) is 7.11 Å². The lowest BCUT2D eigenvalue weighted by Gasteiger charge is -2.10. The van der Waals surface area contributed by atoms with Crippen molar-refractivity contribution in [2.45, 2.75) is 0 Å². The number of halogens is 1. The second kappa shape index (κ2) is 5.57. The van der Waals surface area contributed by atoms with Crippen LogP contribution in [0.1, 0.15) is 21.5 Å². The van der Waals surface area contributed by atoms with Crippen LogP contribution in [0.2, 0.25) is 0 Å². The first kappa shape index (κ1) is 13.8. The fourth-order valence-corrected chi connectivity index (χ4v) is 1.90. The molecule has 102 valence electrons. The standard InChI is InChI=1S/C16H13FO3/c1-10(11-3-6-13(20-2)7-4-11)14-8-5-12(17)9-15(14)16(18)19/h3-9H,1H2,2H3,(H,18,19). The summed E-state index contributed by atoms with van der Waals surface area (Å²) < 4.78 is 18.2. The molecule has 2 aromatic carbocycles.